The van der Waals surface area contributed by atoms with Crippen LogP contribution in [0.25, 0.3) is 0 Å². The number of rotatable bonds is 6. The van der Waals surface area contributed by atoms with Crippen LogP contribution in [0.2, 0.25) is 0 Å². The van der Waals surface area contributed by atoms with Crippen molar-refractivity contribution in [3.8, 4) is 0 Å². The Morgan fingerprint density at radius 1 is 1.23 bits per heavy atom. The lowest BCUT2D eigenvalue weighted by atomic mass is 9.92. The molecule has 76 valence electrons. The standard InChI is InChI=1S/C10H18O3/c1-4-7(2)5-8(3)6-9(11)10(12)13/h7-8H,4-6H2,1-3H3,(H,12,13)/t7-,8?/m1/s1. The van der Waals surface area contributed by atoms with E-state index in [0.717, 1.165) is 12.8 Å². The molecular weight excluding hydrogens is 168 g/mol. The van der Waals surface area contributed by atoms with Gasteiger partial charge in [0.1, 0.15) is 0 Å². The van der Waals surface area contributed by atoms with Crippen LogP contribution in [-0.4, -0.2) is 16.9 Å². The molecule has 0 radical (unpaired) electrons. The molecule has 0 bridgehead atoms. The smallest absolute Gasteiger partial charge is 0.372 e. The maximum absolute atomic E-state index is 10.8. The summed E-state index contributed by atoms with van der Waals surface area (Å²) >= 11 is 0. The van der Waals surface area contributed by atoms with Crippen molar-refractivity contribution >= 4 is 11.8 Å². The predicted molar refractivity (Wildman–Crippen MR) is 50.5 cm³/mol. The summed E-state index contributed by atoms with van der Waals surface area (Å²) < 4.78 is 0. The first-order valence-corrected chi connectivity index (χ1v) is 4.73. The minimum absolute atomic E-state index is 0.166. The second-order valence-corrected chi connectivity index (χ2v) is 3.79. The summed E-state index contributed by atoms with van der Waals surface area (Å²) in [5.41, 5.74) is 0. The number of hydrogen-bond acceptors (Lipinski definition) is 2. The first-order valence-electron chi connectivity index (χ1n) is 4.73. The fraction of sp³-hybridized carbons (Fsp3) is 0.800. The van der Waals surface area contributed by atoms with Gasteiger partial charge in [-0.2, -0.15) is 0 Å². The lowest BCUT2D eigenvalue weighted by Gasteiger charge is -2.13. The van der Waals surface area contributed by atoms with Crippen LogP contribution in [0.5, 0.6) is 0 Å². The monoisotopic (exact) mass is 186 g/mol. The van der Waals surface area contributed by atoms with Gasteiger partial charge in [-0.3, -0.25) is 4.79 Å². The van der Waals surface area contributed by atoms with Gasteiger partial charge in [0.25, 0.3) is 0 Å². The molecule has 0 saturated carbocycles. The molecule has 3 nitrogen and oxygen atoms in total. The molecule has 0 aliphatic carbocycles. The predicted octanol–water partition coefficient (Wildman–Crippen LogP) is 2.10. The van der Waals surface area contributed by atoms with Gasteiger partial charge in [-0.25, -0.2) is 4.79 Å². The number of aliphatic carboxylic acids is 1. The van der Waals surface area contributed by atoms with Crippen molar-refractivity contribution in [1.82, 2.24) is 0 Å². The Balaban J connectivity index is 3.80. The molecule has 0 aliphatic rings. The van der Waals surface area contributed by atoms with Crippen molar-refractivity contribution in [3.05, 3.63) is 0 Å². The molecule has 3 heteroatoms. The largest absolute Gasteiger partial charge is 0.476 e. The summed E-state index contributed by atoms with van der Waals surface area (Å²) in [4.78, 5) is 21.1. The van der Waals surface area contributed by atoms with Gasteiger partial charge >= 0.3 is 5.97 Å². The number of carbonyl (C=O) groups excluding carboxylic acids is 1. The van der Waals surface area contributed by atoms with E-state index in [0.29, 0.717) is 5.92 Å². The molecule has 2 atom stereocenters. The highest BCUT2D eigenvalue weighted by Crippen LogP contribution is 2.17. The zero-order valence-electron chi connectivity index (χ0n) is 8.54. The van der Waals surface area contributed by atoms with Gasteiger partial charge in [0.2, 0.25) is 5.78 Å². The van der Waals surface area contributed by atoms with Gasteiger partial charge in [-0.1, -0.05) is 27.2 Å². The van der Waals surface area contributed by atoms with Crippen LogP contribution in [0, 0.1) is 11.8 Å². The Hall–Kier alpha value is -0.860. The van der Waals surface area contributed by atoms with Gasteiger partial charge in [0, 0.05) is 6.42 Å². The number of Topliss-reactive ketones (excluding diaryl/α,β-unsaturated/α-hetero) is 1. The molecule has 0 aliphatic heterocycles. The van der Waals surface area contributed by atoms with E-state index in [1.807, 2.05) is 6.92 Å². The van der Waals surface area contributed by atoms with E-state index in [9.17, 15) is 9.59 Å². The molecule has 0 saturated heterocycles. The van der Waals surface area contributed by atoms with E-state index in [2.05, 4.69) is 13.8 Å². The third kappa shape index (κ3) is 5.39. The van der Waals surface area contributed by atoms with Crippen LogP contribution in [0.3, 0.4) is 0 Å². The van der Waals surface area contributed by atoms with Gasteiger partial charge in [-0.15, -0.1) is 0 Å². The molecule has 0 fully saturated rings. The van der Waals surface area contributed by atoms with Crippen molar-refractivity contribution in [2.45, 2.75) is 40.0 Å². The first-order chi connectivity index (χ1) is 5.97. The van der Waals surface area contributed by atoms with Crippen LogP contribution in [0.15, 0.2) is 0 Å². The topological polar surface area (TPSA) is 54.4 Å². The highest BCUT2D eigenvalue weighted by atomic mass is 16.4. The van der Waals surface area contributed by atoms with Crippen LogP contribution in [0.4, 0.5) is 0 Å². The zero-order chi connectivity index (χ0) is 10.4. The van der Waals surface area contributed by atoms with E-state index in [4.69, 9.17) is 5.11 Å². The number of hydrogen-bond donors (Lipinski definition) is 1. The Morgan fingerprint density at radius 3 is 2.15 bits per heavy atom. The van der Waals surface area contributed by atoms with Gasteiger partial charge < -0.3 is 5.11 Å². The summed E-state index contributed by atoms with van der Waals surface area (Å²) in [6.07, 6.45) is 2.17. The van der Waals surface area contributed by atoms with Crippen LogP contribution < -0.4 is 0 Å². The van der Waals surface area contributed by atoms with Gasteiger partial charge in [0.15, 0.2) is 0 Å². The lowest BCUT2D eigenvalue weighted by molar-refractivity contribution is -0.149. The molecule has 0 aromatic carbocycles. The number of ketones is 1. The Kier molecular flexibility index (Phi) is 5.35. The number of carboxylic acids is 1. The third-order valence-corrected chi connectivity index (χ3v) is 2.27. The van der Waals surface area contributed by atoms with E-state index in [-0.39, 0.29) is 12.3 Å². The van der Waals surface area contributed by atoms with Crippen molar-refractivity contribution in [2.24, 2.45) is 11.8 Å². The Labute approximate surface area is 79.1 Å². The summed E-state index contributed by atoms with van der Waals surface area (Å²) in [5.74, 6) is -1.23. The van der Waals surface area contributed by atoms with Gasteiger partial charge in [0.05, 0.1) is 0 Å². The van der Waals surface area contributed by atoms with Crippen molar-refractivity contribution in [1.29, 1.82) is 0 Å². The minimum atomic E-state index is -1.31. The van der Waals surface area contributed by atoms with Crippen LogP contribution in [-0.2, 0) is 9.59 Å². The molecule has 0 spiro atoms. The number of carboxylic acid groups (broad SMARTS) is 1. The van der Waals surface area contributed by atoms with Crippen LogP contribution >= 0.6 is 0 Å². The van der Waals surface area contributed by atoms with Crippen molar-refractivity contribution in [2.75, 3.05) is 0 Å². The minimum Gasteiger partial charge on any atom is -0.476 e. The van der Waals surface area contributed by atoms with Gasteiger partial charge in [-0.05, 0) is 18.3 Å². The molecule has 13 heavy (non-hydrogen) atoms. The maximum Gasteiger partial charge on any atom is 0.372 e. The lowest BCUT2D eigenvalue weighted by Crippen LogP contribution is -2.16. The summed E-state index contributed by atoms with van der Waals surface area (Å²) in [6, 6.07) is 0. The number of carbonyl (C=O) groups is 2. The average Bonchev–Trinajstić information content (AvgIpc) is 2.03. The second kappa shape index (κ2) is 5.73. The zero-order valence-corrected chi connectivity index (χ0v) is 8.54. The van der Waals surface area contributed by atoms with E-state index < -0.39 is 11.8 Å². The highest BCUT2D eigenvalue weighted by molar-refractivity contribution is 6.32. The molecule has 1 N–H and O–H groups in total. The molecule has 0 rings (SSSR count). The Morgan fingerprint density at radius 2 is 1.77 bits per heavy atom. The van der Waals surface area contributed by atoms with Crippen molar-refractivity contribution in [3.63, 3.8) is 0 Å². The summed E-state index contributed by atoms with van der Waals surface area (Å²) in [7, 11) is 0. The first kappa shape index (κ1) is 12.1. The second-order valence-electron chi connectivity index (χ2n) is 3.79. The normalized spacial score (nSPS) is 15.0. The quantitative estimate of drug-likeness (QED) is 0.646. The summed E-state index contributed by atoms with van der Waals surface area (Å²) in [5, 5.41) is 8.37. The van der Waals surface area contributed by atoms with E-state index >= 15 is 0 Å². The third-order valence-electron chi connectivity index (χ3n) is 2.27. The molecule has 0 aromatic rings. The average molecular weight is 186 g/mol. The fourth-order valence-corrected chi connectivity index (χ4v) is 1.34. The maximum atomic E-state index is 10.8. The Bertz CT molecular complexity index is 187. The molecule has 0 aromatic heterocycles. The molecule has 1 unspecified atom stereocenters. The van der Waals surface area contributed by atoms with Crippen LogP contribution in [0.1, 0.15) is 40.0 Å². The molecule has 0 heterocycles. The highest BCUT2D eigenvalue weighted by Gasteiger charge is 2.16. The fourth-order valence-electron chi connectivity index (χ4n) is 1.34. The van der Waals surface area contributed by atoms with Crippen molar-refractivity contribution < 1.29 is 14.7 Å². The summed E-state index contributed by atoms with van der Waals surface area (Å²) in [6.45, 7) is 6.13. The van der Waals surface area contributed by atoms with E-state index in [1.165, 1.54) is 0 Å². The molecular formula is C10H18O3. The molecule has 0 amide bonds. The SMILES string of the molecule is CC[C@@H](C)CC(C)CC(=O)C(=O)O. The van der Waals surface area contributed by atoms with E-state index in [1.54, 1.807) is 0 Å².